The van der Waals surface area contributed by atoms with Gasteiger partial charge in [0.15, 0.2) is 0 Å². The summed E-state index contributed by atoms with van der Waals surface area (Å²) in [4.78, 5) is 17.5. The van der Waals surface area contributed by atoms with Crippen molar-refractivity contribution in [3.05, 3.63) is 34.1 Å². The number of rotatable bonds is 4. The molecule has 0 saturated carbocycles. The maximum Gasteiger partial charge on any atom is 0.253 e. The number of aromatic nitrogens is 1. The summed E-state index contributed by atoms with van der Waals surface area (Å²) >= 11 is 0. The van der Waals surface area contributed by atoms with E-state index in [2.05, 4.69) is 15.2 Å². The van der Waals surface area contributed by atoms with Crippen LogP contribution in [0.25, 0.3) is 10.9 Å². The van der Waals surface area contributed by atoms with Crippen LogP contribution >= 0.6 is 0 Å². The molecule has 136 valence electrons. The summed E-state index contributed by atoms with van der Waals surface area (Å²) < 4.78 is 11.3. The van der Waals surface area contributed by atoms with Crippen molar-refractivity contribution in [2.75, 3.05) is 51.3 Å². The second-order valence-corrected chi connectivity index (χ2v) is 6.35. The number of morpholine rings is 1. The molecule has 6 nitrogen and oxygen atoms in total. The average Bonchev–Trinajstić information content (AvgIpc) is 2.63. The van der Waals surface area contributed by atoms with Crippen molar-refractivity contribution in [2.24, 2.45) is 0 Å². The van der Waals surface area contributed by atoms with Crippen molar-refractivity contribution in [3.8, 4) is 5.75 Å². The molecule has 2 aromatic rings. The minimum atomic E-state index is 0. The molecule has 0 unspecified atom stereocenters. The molecule has 4 rings (SSSR count). The molecule has 2 N–H and O–H groups in total. The summed E-state index contributed by atoms with van der Waals surface area (Å²) in [5.41, 5.74) is 2.71. The Kier molecular flexibility index (Phi) is 5.60. The Morgan fingerprint density at radius 3 is 2.92 bits per heavy atom. The Labute approximate surface area is 148 Å². The molecule has 2 aliphatic rings. The fourth-order valence-corrected chi connectivity index (χ4v) is 3.44. The Bertz CT molecular complexity index is 781. The zero-order valence-electron chi connectivity index (χ0n) is 13.8. The predicted molar refractivity (Wildman–Crippen MR) is 101 cm³/mol. The molecule has 25 heavy (non-hydrogen) atoms. The van der Waals surface area contributed by atoms with Gasteiger partial charge in [-0.1, -0.05) is 7.43 Å². The van der Waals surface area contributed by atoms with Gasteiger partial charge >= 0.3 is 0 Å². The quantitative estimate of drug-likeness (QED) is 0.890. The zero-order chi connectivity index (χ0) is 16.4. The standard InChI is InChI=1S/C18H23N3O3.CH4/c22-18-14-2-1-5-19-17(14)15-12-13(3-4-16(15)20-18)24-11-8-21-6-9-23-10-7-21;/h3-4,12,19H,1-2,5-11H2,(H,20,22);1H4. The van der Waals surface area contributed by atoms with E-state index in [1.807, 2.05) is 18.2 Å². The van der Waals surface area contributed by atoms with E-state index in [9.17, 15) is 4.79 Å². The summed E-state index contributed by atoms with van der Waals surface area (Å²) in [6.07, 6.45) is 1.83. The number of aromatic amines is 1. The van der Waals surface area contributed by atoms with Crippen LogP contribution in [-0.2, 0) is 11.2 Å². The van der Waals surface area contributed by atoms with E-state index in [4.69, 9.17) is 9.47 Å². The van der Waals surface area contributed by atoms with E-state index < -0.39 is 0 Å². The van der Waals surface area contributed by atoms with Crippen molar-refractivity contribution < 1.29 is 9.47 Å². The molecule has 1 aromatic heterocycles. The van der Waals surface area contributed by atoms with Gasteiger partial charge in [-0.3, -0.25) is 9.69 Å². The third-order valence-corrected chi connectivity index (χ3v) is 4.77. The molecule has 0 radical (unpaired) electrons. The predicted octanol–water partition coefficient (Wildman–Crippen LogP) is 2.23. The molecule has 0 aliphatic carbocycles. The van der Waals surface area contributed by atoms with Crippen molar-refractivity contribution >= 4 is 16.6 Å². The Morgan fingerprint density at radius 1 is 1.24 bits per heavy atom. The van der Waals surface area contributed by atoms with Crippen LogP contribution < -0.4 is 15.6 Å². The van der Waals surface area contributed by atoms with Crippen LogP contribution in [0, 0.1) is 0 Å². The Balaban J connectivity index is 0.00000182. The molecule has 6 heteroatoms. The number of fused-ring (bicyclic) bond motifs is 3. The molecule has 2 aliphatic heterocycles. The number of anilines is 1. The Morgan fingerprint density at radius 2 is 2.08 bits per heavy atom. The first kappa shape index (κ1) is 17.8. The second-order valence-electron chi connectivity index (χ2n) is 6.35. The van der Waals surface area contributed by atoms with E-state index in [0.717, 1.165) is 80.1 Å². The highest BCUT2D eigenvalue weighted by atomic mass is 16.5. The number of pyridine rings is 1. The van der Waals surface area contributed by atoms with Crippen LogP contribution in [0.4, 0.5) is 5.69 Å². The van der Waals surface area contributed by atoms with Crippen molar-refractivity contribution in [3.63, 3.8) is 0 Å². The highest BCUT2D eigenvalue weighted by Crippen LogP contribution is 2.30. The molecule has 1 saturated heterocycles. The fourth-order valence-electron chi connectivity index (χ4n) is 3.44. The van der Waals surface area contributed by atoms with Crippen LogP contribution in [0.3, 0.4) is 0 Å². The first-order valence-electron chi connectivity index (χ1n) is 8.67. The maximum absolute atomic E-state index is 12.2. The van der Waals surface area contributed by atoms with E-state index in [1.165, 1.54) is 0 Å². The summed E-state index contributed by atoms with van der Waals surface area (Å²) in [5, 5.41) is 4.42. The van der Waals surface area contributed by atoms with Crippen molar-refractivity contribution in [1.82, 2.24) is 9.88 Å². The Hall–Kier alpha value is -2.05. The molecule has 0 bridgehead atoms. The monoisotopic (exact) mass is 345 g/mol. The SMILES string of the molecule is C.O=c1[nH]c2ccc(OCCN3CCOCC3)cc2c2c1CCCN2. The van der Waals surface area contributed by atoms with Crippen LogP contribution in [0.15, 0.2) is 23.0 Å². The normalized spacial score (nSPS) is 17.4. The van der Waals surface area contributed by atoms with Gasteiger partial charge < -0.3 is 19.8 Å². The molecule has 3 heterocycles. The summed E-state index contributed by atoms with van der Waals surface area (Å²) in [6.45, 7) is 6.03. The van der Waals surface area contributed by atoms with Gasteiger partial charge in [-0.15, -0.1) is 0 Å². The van der Waals surface area contributed by atoms with Gasteiger partial charge in [0.05, 0.1) is 24.4 Å². The van der Waals surface area contributed by atoms with Crippen LogP contribution in [0.2, 0.25) is 0 Å². The lowest BCUT2D eigenvalue weighted by atomic mass is 10.0. The highest BCUT2D eigenvalue weighted by Gasteiger charge is 2.16. The minimum absolute atomic E-state index is 0. The first-order valence-corrected chi connectivity index (χ1v) is 8.67. The lowest BCUT2D eigenvalue weighted by Crippen LogP contribution is -2.38. The van der Waals surface area contributed by atoms with Gasteiger partial charge in [0, 0.05) is 37.1 Å². The maximum atomic E-state index is 12.2. The molecular formula is C19H27N3O3. The number of hydrogen-bond donors (Lipinski definition) is 2. The van der Waals surface area contributed by atoms with E-state index in [0.29, 0.717) is 6.61 Å². The topological polar surface area (TPSA) is 66.6 Å². The number of nitrogens with zero attached hydrogens (tertiary/aromatic N) is 1. The summed E-state index contributed by atoms with van der Waals surface area (Å²) in [7, 11) is 0. The number of H-pyrrole nitrogens is 1. The van der Waals surface area contributed by atoms with Gasteiger partial charge in [-0.05, 0) is 31.0 Å². The van der Waals surface area contributed by atoms with Crippen molar-refractivity contribution in [1.29, 1.82) is 0 Å². The number of hydrogen-bond acceptors (Lipinski definition) is 5. The number of benzene rings is 1. The molecule has 1 fully saturated rings. The highest BCUT2D eigenvalue weighted by molar-refractivity contribution is 5.94. The van der Waals surface area contributed by atoms with Gasteiger partial charge in [-0.2, -0.15) is 0 Å². The fraction of sp³-hybridized carbons (Fsp3) is 0.526. The minimum Gasteiger partial charge on any atom is -0.492 e. The third-order valence-electron chi connectivity index (χ3n) is 4.77. The first-order chi connectivity index (χ1) is 11.8. The van der Waals surface area contributed by atoms with Gasteiger partial charge in [0.2, 0.25) is 0 Å². The molecular weight excluding hydrogens is 318 g/mol. The molecule has 0 atom stereocenters. The number of ether oxygens (including phenoxy) is 2. The average molecular weight is 345 g/mol. The molecule has 0 amide bonds. The van der Waals surface area contributed by atoms with Gasteiger partial charge in [0.25, 0.3) is 5.56 Å². The van der Waals surface area contributed by atoms with E-state index in [-0.39, 0.29) is 13.0 Å². The molecule has 0 spiro atoms. The third kappa shape index (κ3) is 3.80. The molecule has 1 aromatic carbocycles. The largest absolute Gasteiger partial charge is 0.492 e. The van der Waals surface area contributed by atoms with Crippen LogP contribution in [0.1, 0.15) is 19.4 Å². The number of nitrogens with one attached hydrogen (secondary N) is 2. The van der Waals surface area contributed by atoms with Gasteiger partial charge in [-0.25, -0.2) is 0 Å². The zero-order valence-corrected chi connectivity index (χ0v) is 13.8. The van der Waals surface area contributed by atoms with Crippen LogP contribution in [0.5, 0.6) is 5.75 Å². The van der Waals surface area contributed by atoms with E-state index >= 15 is 0 Å². The lowest BCUT2D eigenvalue weighted by Gasteiger charge is -2.26. The van der Waals surface area contributed by atoms with E-state index in [1.54, 1.807) is 0 Å². The summed E-state index contributed by atoms with van der Waals surface area (Å²) in [5.74, 6) is 0.845. The smallest absolute Gasteiger partial charge is 0.253 e. The summed E-state index contributed by atoms with van der Waals surface area (Å²) in [6, 6.07) is 5.88. The lowest BCUT2D eigenvalue weighted by molar-refractivity contribution is 0.0322. The van der Waals surface area contributed by atoms with Gasteiger partial charge in [0.1, 0.15) is 12.4 Å². The second kappa shape index (κ2) is 7.89. The van der Waals surface area contributed by atoms with Crippen LogP contribution in [-0.4, -0.2) is 55.9 Å². The van der Waals surface area contributed by atoms with Crippen molar-refractivity contribution in [2.45, 2.75) is 20.3 Å².